The van der Waals surface area contributed by atoms with Crippen LogP contribution in [-0.4, -0.2) is 20.7 Å². The van der Waals surface area contributed by atoms with Crippen LogP contribution in [0.5, 0.6) is 0 Å². The Balaban J connectivity index is 1.84. The summed E-state index contributed by atoms with van der Waals surface area (Å²) in [6, 6.07) is 4.12. The molecule has 0 saturated heterocycles. The minimum atomic E-state index is 0.300. The third-order valence-electron chi connectivity index (χ3n) is 2.77. The Morgan fingerprint density at radius 1 is 1.53 bits per heavy atom. The monoisotopic (exact) mass is 276 g/mol. The first kappa shape index (κ1) is 13.4. The number of rotatable bonds is 5. The molecule has 0 radical (unpaired) electrons. The van der Waals surface area contributed by atoms with E-state index in [1.54, 1.807) is 0 Å². The molecule has 2 aromatic rings. The standard InChI is InChI=1S/C12H16N6S/c1-8-6-9(2)18(16-8)5-3-4-15-12-10(7-13)11(14)17-19-12/h6,15H,3-5H2,1-2H3,(H2,14,17). The highest BCUT2D eigenvalue weighted by Gasteiger charge is 2.09. The van der Waals surface area contributed by atoms with Crippen LogP contribution in [0, 0.1) is 25.2 Å². The van der Waals surface area contributed by atoms with Gasteiger partial charge in [0, 0.05) is 18.8 Å². The molecule has 0 aliphatic rings. The van der Waals surface area contributed by atoms with Gasteiger partial charge in [-0.2, -0.15) is 14.7 Å². The van der Waals surface area contributed by atoms with Gasteiger partial charge in [0.05, 0.1) is 5.69 Å². The molecule has 0 atom stereocenters. The van der Waals surface area contributed by atoms with E-state index < -0.39 is 0 Å². The van der Waals surface area contributed by atoms with Gasteiger partial charge in [0.2, 0.25) is 0 Å². The second-order valence-electron chi connectivity index (χ2n) is 4.31. The zero-order chi connectivity index (χ0) is 13.8. The maximum absolute atomic E-state index is 8.94. The minimum Gasteiger partial charge on any atom is -0.382 e. The summed E-state index contributed by atoms with van der Waals surface area (Å²) >= 11 is 1.22. The van der Waals surface area contributed by atoms with Crippen molar-refractivity contribution in [1.29, 1.82) is 5.26 Å². The van der Waals surface area contributed by atoms with Gasteiger partial charge in [-0.05, 0) is 37.9 Å². The van der Waals surface area contributed by atoms with Crippen molar-refractivity contribution in [3.63, 3.8) is 0 Å². The molecule has 0 bridgehead atoms. The summed E-state index contributed by atoms with van der Waals surface area (Å²) in [4.78, 5) is 0. The van der Waals surface area contributed by atoms with Gasteiger partial charge in [-0.15, -0.1) is 0 Å². The van der Waals surface area contributed by atoms with Crippen LogP contribution in [0.15, 0.2) is 6.07 Å². The van der Waals surface area contributed by atoms with Crippen molar-refractivity contribution in [1.82, 2.24) is 14.2 Å². The predicted octanol–water partition coefficient (Wildman–Crippen LogP) is 1.91. The molecule has 6 nitrogen and oxygen atoms in total. The van der Waals surface area contributed by atoms with E-state index in [1.807, 2.05) is 18.5 Å². The number of hydrogen-bond donors (Lipinski definition) is 2. The SMILES string of the molecule is Cc1cc(C)n(CCCNc2snc(N)c2C#N)n1. The van der Waals surface area contributed by atoms with Crippen molar-refractivity contribution in [2.24, 2.45) is 0 Å². The van der Waals surface area contributed by atoms with Gasteiger partial charge in [0.15, 0.2) is 5.82 Å². The molecule has 2 rings (SSSR count). The summed E-state index contributed by atoms with van der Waals surface area (Å²) in [5.41, 5.74) is 8.23. The molecular formula is C12H16N6S. The number of hydrogen-bond acceptors (Lipinski definition) is 6. The highest BCUT2D eigenvalue weighted by atomic mass is 32.1. The lowest BCUT2D eigenvalue weighted by Gasteiger charge is -2.05. The normalized spacial score (nSPS) is 10.4. The first-order valence-electron chi connectivity index (χ1n) is 6.02. The highest BCUT2D eigenvalue weighted by molar-refractivity contribution is 7.10. The van der Waals surface area contributed by atoms with E-state index in [0.717, 1.165) is 35.9 Å². The van der Waals surface area contributed by atoms with Gasteiger partial charge in [0.1, 0.15) is 16.6 Å². The molecule has 0 aromatic carbocycles. The van der Waals surface area contributed by atoms with E-state index in [4.69, 9.17) is 11.0 Å². The summed E-state index contributed by atoms with van der Waals surface area (Å²) in [6.07, 6.45) is 0.921. The fourth-order valence-corrected chi connectivity index (χ4v) is 2.55. The average molecular weight is 276 g/mol. The number of aromatic nitrogens is 3. The molecule has 2 heterocycles. The number of aryl methyl sites for hydroxylation is 3. The van der Waals surface area contributed by atoms with Crippen LogP contribution in [0.1, 0.15) is 23.4 Å². The third-order valence-corrected chi connectivity index (χ3v) is 3.58. The van der Waals surface area contributed by atoms with Crippen LogP contribution in [0.4, 0.5) is 10.8 Å². The number of nitrogens with two attached hydrogens (primary N) is 1. The maximum Gasteiger partial charge on any atom is 0.157 e. The van der Waals surface area contributed by atoms with Gasteiger partial charge < -0.3 is 11.1 Å². The zero-order valence-corrected chi connectivity index (χ0v) is 11.8. The lowest BCUT2D eigenvalue weighted by Crippen LogP contribution is -2.09. The maximum atomic E-state index is 8.94. The van der Waals surface area contributed by atoms with Crippen molar-refractivity contribution in [2.45, 2.75) is 26.8 Å². The molecule has 7 heteroatoms. The second kappa shape index (κ2) is 5.71. The summed E-state index contributed by atoms with van der Waals surface area (Å²) in [7, 11) is 0. The number of nitrogens with one attached hydrogen (secondary N) is 1. The number of nitrogen functional groups attached to an aromatic ring is 1. The van der Waals surface area contributed by atoms with Gasteiger partial charge in [-0.1, -0.05) is 0 Å². The van der Waals surface area contributed by atoms with Crippen molar-refractivity contribution in [3.05, 3.63) is 23.0 Å². The van der Waals surface area contributed by atoms with Gasteiger partial charge >= 0.3 is 0 Å². The van der Waals surface area contributed by atoms with Crippen molar-refractivity contribution < 1.29 is 0 Å². The van der Waals surface area contributed by atoms with Gasteiger partial charge in [0.25, 0.3) is 0 Å². The van der Waals surface area contributed by atoms with Crippen molar-refractivity contribution in [3.8, 4) is 6.07 Å². The Labute approximate surface area is 116 Å². The Morgan fingerprint density at radius 3 is 2.95 bits per heavy atom. The Morgan fingerprint density at radius 2 is 2.32 bits per heavy atom. The molecule has 0 unspecified atom stereocenters. The lowest BCUT2D eigenvalue weighted by molar-refractivity contribution is 0.574. The molecule has 19 heavy (non-hydrogen) atoms. The van der Waals surface area contributed by atoms with Crippen LogP contribution < -0.4 is 11.1 Å². The molecule has 0 spiro atoms. The molecule has 0 saturated carbocycles. The van der Waals surface area contributed by atoms with Gasteiger partial charge in [-0.3, -0.25) is 4.68 Å². The average Bonchev–Trinajstić information content (AvgIpc) is 2.88. The molecule has 3 N–H and O–H groups in total. The largest absolute Gasteiger partial charge is 0.382 e. The van der Waals surface area contributed by atoms with Crippen molar-refractivity contribution >= 4 is 22.4 Å². The lowest BCUT2D eigenvalue weighted by atomic mass is 10.3. The van der Waals surface area contributed by atoms with E-state index in [2.05, 4.69) is 26.9 Å². The van der Waals surface area contributed by atoms with Crippen LogP contribution in [0.2, 0.25) is 0 Å². The van der Waals surface area contributed by atoms with Gasteiger partial charge in [-0.25, -0.2) is 0 Å². The quantitative estimate of drug-likeness (QED) is 0.814. The zero-order valence-electron chi connectivity index (χ0n) is 11.0. The van der Waals surface area contributed by atoms with Crippen LogP contribution in [0.25, 0.3) is 0 Å². The first-order valence-corrected chi connectivity index (χ1v) is 6.79. The molecular weight excluding hydrogens is 260 g/mol. The molecule has 0 amide bonds. The molecule has 0 aliphatic heterocycles. The van der Waals surface area contributed by atoms with Crippen LogP contribution in [-0.2, 0) is 6.54 Å². The summed E-state index contributed by atoms with van der Waals surface area (Å²) in [5, 5.41) is 17.3. The summed E-state index contributed by atoms with van der Waals surface area (Å²) in [6.45, 7) is 5.64. The molecule has 2 aromatic heterocycles. The van der Waals surface area contributed by atoms with E-state index >= 15 is 0 Å². The second-order valence-corrected chi connectivity index (χ2v) is 5.09. The van der Waals surface area contributed by atoms with E-state index in [9.17, 15) is 0 Å². The Hall–Kier alpha value is -2.07. The fourth-order valence-electron chi connectivity index (χ4n) is 1.86. The topological polar surface area (TPSA) is 92.5 Å². The number of nitriles is 1. The Kier molecular flexibility index (Phi) is 4.02. The summed E-state index contributed by atoms with van der Waals surface area (Å²) in [5.74, 6) is 0.300. The highest BCUT2D eigenvalue weighted by Crippen LogP contribution is 2.25. The third kappa shape index (κ3) is 3.03. The number of anilines is 2. The molecule has 100 valence electrons. The van der Waals surface area contributed by atoms with E-state index in [-0.39, 0.29) is 0 Å². The first-order chi connectivity index (χ1) is 9.11. The smallest absolute Gasteiger partial charge is 0.157 e. The Bertz CT molecular complexity index is 606. The fraction of sp³-hybridized carbons (Fsp3) is 0.417. The predicted molar refractivity (Wildman–Crippen MR) is 76.0 cm³/mol. The van der Waals surface area contributed by atoms with Crippen LogP contribution in [0.3, 0.4) is 0 Å². The summed E-state index contributed by atoms with van der Waals surface area (Å²) < 4.78 is 5.95. The minimum absolute atomic E-state index is 0.300. The molecule has 0 aliphatic carbocycles. The van der Waals surface area contributed by atoms with Crippen molar-refractivity contribution in [2.75, 3.05) is 17.6 Å². The molecule has 0 fully saturated rings. The van der Waals surface area contributed by atoms with Crippen LogP contribution >= 0.6 is 11.5 Å². The van der Waals surface area contributed by atoms with E-state index in [1.165, 1.54) is 11.5 Å². The van der Waals surface area contributed by atoms with E-state index in [0.29, 0.717) is 11.4 Å². The number of nitrogens with zero attached hydrogens (tertiary/aromatic N) is 4.